The first kappa shape index (κ1) is 15.7. The highest BCUT2D eigenvalue weighted by molar-refractivity contribution is 9.10. The minimum absolute atomic E-state index is 0.289. The third kappa shape index (κ3) is 3.89. The second-order valence-electron chi connectivity index (χ2n) is 4.19. The second kappa shape index (κ2) is 6.82. The molecule has 0 saturated carbocycles. The van der Waals surface area contributed by atoms with Gasteiger partial charge in [0.1, 0.15) is 0 Å². The standard InChI is InChI=1S/C13H15BrN2O2S2/c1-15-8-10-3-2-4-11(7-10)20(17,18)16-9-13-12(14)5-6-19-13/h2-7,15-16H,8-9H2,1H3. The van der Waals surface area contributed by atoms with Crippen LogP contribution in [0.15, 0.2) is 45.1 Å². The molecule has 2 N–H and O–H groups in total. The number of benzene rings is 1. The Bertz CT molecular complexity index is 683. The first-order valence-electron chi connectivity index (χ1n) is 5.98. The van der Waals surface area contributed by atoms with Crippen molar-refractivity contribution in [2.75, 3.05) is 7.05 Å². The number of halogens is 1. The molecule has 2 aromatic rings. The Balaban J connectivity index is 2.14. The first-order valence-corrected chi connectivity index (χ1v) is 9.13. The fourth-order valence-electron chi connectivity index (χ4n) is 1.72. The van der Waals surface area contributed by atoms with Gasteiger partial charge in [-0.05, 0) is 52.1 Å². The topological polar surface area (TPSA) is 58.2 Å². The molecular weight excluding hydrogens is 360 g/mol. The lowest BCUT2D eigenvalue weighted by atomic mass is 10.2. The van der Waals surface area contributed by atoms with Gasteiger partial charge in [0, 0.05) is 22.4 Å². The molecule has 1 heterocycles. The summed E-state index contributed by atoms with van der Waals surface area (Å²) in [5.74, 6) is 0. The number of hydrogen-bond donors (Lipinski definition) is 2. The van der Waals surface area contributed by atoms with Gasteiger partial charge in [-0.2, -0.15) is 0 Å². The average Bonchev–Trinajstić information content (AvgIpc) is 2.83. The normalized spacial score (nSPS) is 11.7. The van der Waals surface area contributed by atoms with E-state index in [0.29, 0.717) is 6.54 Å². The van der Waals surface area contributed by atoms with Crippen molar-refractivity contribution in [2.24, 2.45) is 0 Å². The third-order valence-corrected chi connectivity index (χ3v) is 6.03. The van der Waals surface area contributed by atoms with Crippen molar-refractivity contribution in [1.29, 1.82) is 0 Å². The van der Waals surface area contributed by atoms with E-state index in [-0.39, 0.29) is 11.4 Å². The van der Waals surface area contributed by atoms with Crippen LogP contribution in [0.3, 0.4) is 0 Å². The van der Waals surface area contributed by atoms with Gasteiger partial charge in [0.15, 0.2) is 0 Å². The molecule has 0 saturated heterocycles. The molecular formula is C13H15BrN2O2S2. The largest absolute Gasteiger partial charge is 0.316 e. The van der Waals surface area contributed by atoms with Crippen molar-refractivity contribution >= 4 is 37.3 Å². The van der Waals surface area contributed by atoms with Gasteiger partial charge in [-0.25, -0.2) is 13.1 Å². The lowest BCUT2D eigenvalue weighted by Crippen LogP contribution is -2.23. The number of rotatable bonds is 6. The quantitative estimate of drug-likeness (QED) is 0.816. The molecule has 2 rings (SSSR count). The molecule has 0 aliphatic rings. The fraction of sp³-hybridized carbons (Fsp3) is 0.231. The van der Waals surface area contributed by atoms with E-state index in [1.165, 1.54) is 11.3 Å². The van der Waals surface area contributed by atoms with Crippen LogP contribution < -0.4 is 10.0 Å². The predicted octanol–water partition coefficient (Wildman–Crippen LogP) is 2.71. The maximum Gasteiger partial charge on any atom is 0.240 e. The molecule has 1 aromatic heterocycles. The summed E-state index contributed by atoms with van der Waals surface area (Å²) in [4.78, 5) is 1.25. The molecule has 108 valence electrons. The Hall–Kier alpha value is -0.730. The zero-order valence-electron chi connectivity index (χ0n) is 10.9. The Morgan fingerprint density at radius 1 is 1.25 bits per heavy atom. The lowest BCUT2D eigenvalue weighted by Gasteiger charge is -2.08. The van der Waals surface area contributed by atoms with Crippen molar-refractivity contribution in [3.05, 3.63) is 50.6 Å². The van der Waals surface area contributed by atoms with Crippen LogP contribution in [0.2, 0.25) is 0 Å². The van der Waals surface area contributed by atoms with Crippen LogP contribution in [0.25, 0.3) is 0 Å². The van der Waals surface area contributed by atoms with E-state index in [1.807, 2.05) is 24.6 Å². The van der Waals surface area contributed by atoms with Crippen LogP contribution in [0.5, 0.6) is 0 Å². The van der Waals surface area contributed by atoms with Crippen LogP contribution in [0.4, 0.5) is 0 Å². The Labute approximate surface area is 131 Å². The van der Waals surface area contributed by atoms with Gasteiger partial charge in [0.25, 0.3) is 0 Å². The minimum Gasteiger partial charge on any atom is -0.316 e. The minimum atomic E-state index is -3.49. The van der Waals surface area contributed by atoms with Crippen LogP contribution in [0, 0.1) is 0 Å². The van der Waals surface area contributed by atoms with E-state index in [9.17, 15) is 8.42 Å². The summed E-state index contributed by atoms with van der Waals surface area (Å²) in [5.41, 5.74) is 0.938. The van der Waals surface area contributed by atoms with E-state index in [1.54, 1.807) is 18.2 Å². The van der Waals surface area contributed by atoms with Crippen LogP contribution >= 0.6 is 27.3 Å². The molecule has 20 heavy (non-hydrogen) atoms. The predicted molar refractivity (Wildman–Crippen MR) is 85.3 cm³/mol. The lowest BCUT2D eigenvalue weighted by molar-refractivity contribution is 0.581. The SMILES string of the molecule is CNCc1cccc(S(=O)(=O)NCc2sccc2Br)c1. The maximum atomic E-state index is 12.3. The van der Waals surface area contributed by atoms with Crippen LogP contribution in [-0.4, -0.2) is 15.5 Å². The summed E-state index contributed by atoms with van der Waals surface area (Å²) < 4.78 is 28.1. The molecule has 4 nitrogen and oxygen atoms in total. The van der Waals surface area contributed by atoms with Crippen molar-refractivity contribution in [3.63, 3.8) is 0 Å². The number of hydrogen-bond acceptors (Lipinski definition) is 4. The molecule has 0 aliphatic carbocycles. The zero-order valence-corrected chi connectivity index (χ0v) is 14.1. The number of nitrogens with one attached hydrogen (secondary N) is 2. The van der Waals surface area contributed by atoms with Gasteiger partial charge in [0.05, 0.1) is 4.90 Å². The summed E-state index contributed by atoms with van der Waals surface area (Å²) in [7, 11) is -1.66. The van der Waals surface area contributed by atoms with E-state index in [0.717, 1.165) is 14.9 Å². The zero-order chi connectivity index (χ0) is 14.6. The molecule has 7 heteroatoms. The Morgan fingerprint density at radius 3 is 2.70 bits per heavy atom. The summed E-state index contributed by atoms with van der Waals surface area (Å²) >= 11 is 4.90. The highest BCUT2D eigenvalue weighted by atomic mass is 79.9. The summed E-state index contributed by atoms with van der Waals surface area (Å²) in [5, 5.41) is 4.92. The Morgan fingerprint density at radius 2 is 2.05 bits per heavy atom. The molecule has 0 aliphatic heterocycles. The molecule has 0 bridgehead atoms. The van der Waals surface area contributed by atoms with Crippen molar-refractivity contribution < 1.29 is 8.42 Å². The van der Waals surface area contributed by atoms with Gasteiger partial charge in [-0.15, -0.1) is 11.3 Å². The Kier molecular flexibility index (Phi) is 5.34. The number of thiophene rings is 1. The molecule has 0 spiro atoms. The van der Waals surface area contributed by atoms with Crippen molar-refractivity contribution in [1.82, 2.24) is 10.0 Å². The molecule has 0 unspecified atom stereocenters. The van der Waals surface area contributed by atoms with Crippen LogP contribution in [-0.2, 0) is 23.1 Å². The third-order valence-electron chi connectivity index (χ3n) is 2.70. The van der Waals surface area contributed by atoms with Gasteiger partial charge in [0.2, 0.25) is 10.0 Å². The van der Waals surface area contributed by atoms with Crippen LogP contribution in [0.1, 0.15) is 10.4 Å². The maximum absolute atomic E-state index is 12.3. The monoisotopic (exact) mass is 374 g/mol. The fourth-order valence-corrected chi connectivity index (χ4v) is 4.31. The van der Waals surface area contributed by atoms with Gasteiger partial charge >= 0.3 is 0 Å². The number of sulfonamides is 1. The van der Waals surface area contributed by atoms with Gasteiger partial charge < -0.3 is 5.32 Å². The molecule has 1 aromatic carbocycles. The van der Waals surface area contributed by atoms with E-state index in [4.69, 9.17) is 0 Å². The molecule has 0 atom stereocenters. The van der Waals surface area contributed by atoms with E-state index in [2.05, 4.69) is 26.0 Å². The highest BCUT2D eigenvalue weighted by Crippen LogP contribution is 2.23. The summed E-state index contributed by atoms with van der Waals surface area (Å²) in [6, 6.07) is 8.84. The molecule has 0 radical (unpaired) electrons. The highest BCUT2D eigenvalue weighted by Gasteiger charge is 2.15. The average molecular weight is 375 g/mol. The molecule has 0 amide bonds. The van der Waals surface area contributed by atoms with Gasteiger partial charge in [-0.1, -0.05) is 12.1 Å². The van der Waals surface area contributed by atoms with Crippen molar-refractivity contribution in [3.8, 4) is 0 Å². The smallest absolute Gasteiger partial charge is 0.240 e. The van der Waals surface area contributed by atoms with E-state index >= 15 is 0 Å². The molecule has 0 fully saturated rings. The van der Waals surface area contributed by atoms with Crippen molar-refractivity contribution in [2.45, 2.75) is 18.0 Å². The summed E-state index contributed by atoms with van der Waals surface area (Å²) in [6.07, 6.45) is 0. The first-order chi connectivity index (χ1) is 9.53. The van der Waals surface area contributed by atoms with E-state index < -0.39 is 10.0 Å². The second-order valence-corrected chi connectivity index (χ2v) is 7.82. The summed E-state index contributed by atoms with van der Waals surface area (Å²) in [6.45, 7) is 0.927. The van der Waals surface area contributed by atoms with Gasteiger partial charge in [-0.3, -0.25) is 0 Å².